The Morgan fingerprint density at radius 2 is 1.76 bits per heavy atom. The summed E-state index contributed by atoms with van der Waals surface area (Å²) in [6.45, 7) is 7.90. The molecule has 0 amide bonds. The summed E-state index contributed by atoms with van der Waals surface area (Å²) >= 11 is 0. The van der Waals surface area contributed by atoms with Gasteiger partial charge in [-0.15, -0.1) is 0 Å². The summed E-state index contributed by atoms with van der Waals surface area (Å²) in [7, 11) is 0. The van der Waals surface area contributed by atoms with Gasteiger partial charge in [-0.1, -0.05) is 31.1 Å². The van der Waals surface area contributed by atoms with Crippen LogP contribution < -0.4 is 0 Å². The third-order valence-electron chi connectivity index (χ3n) is 2.82. The van der Waals surface area contributed by atoms with Crippen LogP contribution in [-0.2, 0) is 9.59 Å². The average molecular weight is 236 g/mol. The van der Waals surface area contributed by atoms with E-state index < -0.39 is 0 Å². The number of allylic oxidation sites excluding steroid dienone is 4. The lowest BCUT2D eigenvalue weighted by Gasteiger charge is -2.10. The number of carbonyl (C=O) groups excluding carboxylic acids is 2. The molecule has 96 valence electrons. The number of carbonyl (C=O) groups is 2. The van der Waals surface area contributed by atoms with E-state index in [9.17, 15) is 9.59 Å². The fraction of sp³-hybridized carbons (Fsp3) is 0.600. The Morgan fingerprint density at radius 3 is 2.24 bits per heavy atom. The summed E-state index contributed by atoms with van der Waals surface area (Å²) in [4.78, 5) is 21.3. The van der Waals surface area contributed by atoms with Gasteiger partial charge in [-0.2, -0.15) is 0 Å². The van der Waals surface area contributed by atoms with Crippen LogP contribution in [0.1, 0.15) is 53.4 Å². The van der Waals surface area contributed by atoms with Crippen molar-refractivity contribution in [1.29, 1.82) is 0 Å². The zero-order valence-electron chi connectivity index (χ0n) is 11.5. The van der Waals surface area contributed by atoms with E-state index in [1.165, 1.54) is 11.1 Å². The molecule has 0 bridgehead atoms. The second kappa shape index (κ2) is 8.91. The molecular formula is C15H24O2. The molecule has 0 saturated carbocycles. The molecule has 0 aliphatic rings. The predicted octanol–water partition coefficient (Wildman–Crippen LogP) is 3.86. The number of hydrogen-bond acceptors (Lipinski definition) is 2. The van der Waals surface area contributed by atoms with Gasteiger partial charge in [-0.05, 0) is 45.1 Å². The van der Waals surface area contributed by atoms with Crippen LogP contribution in [-0.4, -0.2) is 12.1 Å². The first-order chi connectivity index (χ1) is 7.97. The lowest BCUT2D eigenvalue weighted by Crippen LogP contribution is -1.95. The summed E-state index contributed by atoms with van der Waals surface area (Å²) in [6, 6.07) is 0. The van der Waals surface area contributed by atoms with Gasteiger partial charge in [0.05, 0.1) is 0 Å². The van der Waals surface area contributed by atoms with Crippen molar-refractivity contribution in [3.63, 3.8) is 0 Å². The zero-order chi connectivity index (χ0) is 13.3. The number of hydrogen-bond donors (Lipinski definition) is 0. The monoisotopic (exact) mass is 236 g/mol. The van der Waals surface area contributed by atoms with Crippen LogP contribution in [0.4, 0.5) is 0 Å². The van der Waals surface area contributed by atoms with E-state index in [4.69, 9.17) is 0 Å². The second-order valence-electron chi connectivity index (χ2n) is 4.82. The van der Waals surface area contributed by atoms with E-state index in [1.807, 2.05) is 0 Å². The fourth-order valence-corrected chi connectivity index (χ4v) is 1.62. The molecule has 0 aliphatic heterocycles. The zero-order valence-corrected chi connectivity index (χ0v) is 11.5. The van der Waals surface area contributed by atoms with Gasteiger partial charge in [-0.25, -0.2) is 0 Å². The molecule has 2 heteroatoms. The first-order valence-electron chi connectivity index (χ1n) is 6.26. The number of ketones is 1. The smallest absolute Gasteiger partial charge is 0.142 e. The summed E-state index contributed by atoms with van der Waals surface area (Å²) in [5.74, 6) is 0.656. The maximum atomic E-state index is 10.8. The normalized spacial score (nSPS) is 13.0. The van der Waals surface area contributed by atoms with Crippen molar-refractivity contribution in [3.05, 3.63) is 23.3 Å². The maximum absolute atomic E-state index is 10.8. The first-order valence-corrected chi connectivity index (χ1v) is 6.26. The van der Waals surface area contributed by atoms with Gasteiger partial charge in [0, 0.05) is 6.42 Å². The molecule has 2 nitrogen and oxygen atoms in total. The lowest BCUT2D eigenvalue weighted by atomic mass is 9.96. The van der Waals surface area contributed by atoms with Crippen LogP contribution in [0.2, 0.25) is 0 Å². The molecule has 0 aromatic rings. The summed E-state index contributed by atoms with van der Waals surface area (Å²) in [5.41, 5.74) is 2.49. The third kappa shape index (κ3) is 8.61. The Balaban J connectivity index is 4.12. The molecule has 0 unspecified atom stereocenters. The highest BCUT2D eigenvalue weighted by Gasteiger charge is 2.03. The van der Waals surface area contributed by atoms with Gasteiger partial charge in [0.15, 0.2) is 0 Å². The van der Waals surface area contributed by atoms with Gasteiger partial charge in [0.1, 0.15) is 12.1 Å². The third-order valence-corrected chi connectivity index (χ3v) is 2.82. The Morgan fingerprint density at radius 1 is 1.12 bits per heavy atom. The van der Waals surface area contributed by atoms with Gasteiger partial charge in [0.2, 0.25) is 0 Å². The number of aldehydes is 1. The van der Waals surface area contributed by atoms with Gasteiger partial charge < -0.3 is 4.79 Å². The standard InChI is InChI=1S/C15H24O2/c1-12(2)15(10-11-16)9-8-13(3)6-5-7-14(4)17/h6,10-12H,5,7-9H2,1-4H3/b13-6+,15-10+. The van der Waals surface area contributed by atoms with Crippen LogP contribution in [0, 0.1) is 5.92 Å². The van der Waals surface area contributed by atoms with Crippen LogP contribution in [0.5, 0.6) is 0 Å². The minimum atomic E-state index is 0.234. The Bertz CT molecular complexity index is 309. The SMILES string of the molecule is CC(=O)CC/C=C(\C)CC/C(=C\C=O)C(C)C. The highest BCUT2D eigenvalue weighted by molar-refractivity contribution is 5.75. The van der Waals surface area contributed by atoms with Crippen LogP contribution in [0.3, 0.4) is 0 Å². The first kappa shape index (κ1) is 15.8. The Labute approximate surface area is 105 Å². The topological polar surface area (TPSA) is 34.1 Å². The Hall–Kier alpha value is -1.18. The highest BCUT2D eigenvalue weighted by atomic mass is 16.1. The molecule has 0 spiro atoms. The van der Waals surface area contributed by atoms with Crippen LogP contribution in [0.15, 0.2) is 23.3 Å². The van der Waals surface area contributed by atoms with E-state index in [1.54, 1.807) is 13.0 Å². The quantitative estimate of drug-likeness (QED) is 0.364. The van der Waals surface area contributed by atoms with Crippen molar-refractivity contribution in [2.45, 2.75) is 53.4 Å². The van der Waals surface area contributed by atoms with E-state index in [2.05, 4.69) is 26.8 Å². The molecule has 0 aromatic heterocycles. The average Bonchev–Trinajstić information content (AvgIpc) is 2.23. The molecule has 0 heterocycles. The minimum Gasteiger partial charge on any atom is -0.300 e. The molecule has 0 N–H and O–H groups in total. The molecule has 0 saturated heterocycles. The molecule has 0 radical (unpaired) electrons. The Kier molecular flexibility index (Phi) is 8.29. The maximum Gasteiger partial charge on any atom is 0.142 e. The second-order valence-corrected chi connectivity index (χ2v) is 4.82. The molecule has 0 aromatic carbocycles. The number of rotatable bonds is 8. The molecule has 0 atom stereocenters. The predicted molar refractivity (Wildman–Crippen MR) is 71.9 cm³/mol. The van der Waals surface area contributed by atoms with E-state index >= 15 is 0 Å². The molecule has 0 fully saturated rings. The van der Waals surface area contributed by atoms with Crippen LogP contribution in [0.25, 0.3) is 0 Å². The van der Waals surface area contributed by atoms with Crippen molar-refractivity contribution in [3.8, 4) is 0 Å². The van der Waals surface area contributed by atoms with Crippen molar-refractivity contribution in [1.82, 2.24) is 0 Å². The largest absolute Gasteiger partial charge is 0.300 e. The molecule has 0 rings (SSSR count). The van der Waals surface area contributed by atoms with Crippen LogP contribution >= 0.6 is 0 Å². The van der Waals surface area contributed by atoms with Gasteiger partial charge >= 0.3 is 0 Å². The van der Waals surface area contributed by atoms with E-state index in [0.717, 1.165) is 25.5 Å². The number of Topliss-reactive ketones (excluding diaryl/α,β-unsaturated/α-hetero) is 1. The summed E-state index contributed by atoms with van der Waals surface area (Å²) in [6.07, 6.45) is 8.01. The van der Waals surface area contributed by atoms with Crippen molar-refractivity contribution < 1.29 is 9.59 Å². The van der Waals surface area contributed by atoms with Gasteiger partial charge in [-0.3, -0.25) is 4.79 Å². The van der Waals surface area contributed by atoms with Crippen molar-refractivity contribution in [2.24, 2.45) is 5.92 Å². The molecule has 17 heavy (non-hydrogen) atoms. The summed E-state index contributed by atoms with van der Waals surface area (Å²) < 4.78 is 0. The van der Waals surface area contributed by atoms with Gasteiger partial charge in [0.25, 0.3) is 0 Å². The fourth-order valence-electron chi connectivity index (χ4n) is 1.62. The van der Waals surface area contributed by atoms with Crippen molar-refractivity contribution >= 4 is 12.1 Å². The van der Waals surface area contributed by atoms with E-state index in [0.29, 0.717) is 12.3 Å². The van der Waals surface area contributed by atoms with E-state index in [-0.39, 0.29) is 5.78 Å². The molecule has 0 aliphatic carbocycles. The highest BCUT2D eigenvalue weighted by Crippen LogP contribution is 2.18. The summed E-state index contributed by atoms with van der Waals surface area (Å²) in [5, 5.41) is 0. The molecular weight excluding hydrogens is 212 g/mol. The lowest BCUT2D eigenvalue weighted by molar-refractivity contribution is -0.116. The minimum absolute atomic E-state index is 0.234. The van der Waals surface area contributed by atoms with Crippen molar-refractivity contribution in [2.75, 3.05) is 0 Å².